The number of methoxy groups -OCH3 is 1. The van der Waals surface area contributed by atoms with Crippen LogP contribution >= 0.6 is 11.8 Å². The number of nitrogens with zero attached hydrogens (tertiary/aromatic N) is 3. The van der Waals surface area contributed by atoms with E-state index in [1.807, 2.05) is 43.3 Å². The number of aryl methyl sites for hydroxylation is 2. The molecule has 0 spiro atoms. The van der Waals surface area contributed by atoms with E-state index in [1.54, 1.807) is 7.11 Å². The predicted octanol–water partition coefficient (Wildman–Crippen LogP) is 3.66. The van der Waals surface area contributed by atoms with Crippen molar-refractivity contribution < 1.29 is 14.3 Å². The number of aromatic nitrogens is 4. The fraction of sp³-hybridized carbons (Fsp3) is 0.217. The molecule has 0 saturated heterocycles. The average Bonchev–Trinajstić information content (AvgIpc) is 3.17. The molecule has 164 valence electrons. The topological polar surface area (TPSA) is 98.6 Å². The Labute approximate surface area is 188 Å². The molecule has 0 saturated carbocycles. The van der Waals surface area contributed by atoms with Crippen molar-refractivity contribution in [3.05, 3.63) is 70.0 Å². The molecule has 4 rings (SSSR count). The number of hydrogen-bond acceptors (Lipinski definition) is 7. The predicted molar refractivity (Wildman–Crippen MR) is 123 cm³/mol. The van der Waals surface area contributed by atoms with Gasteiger partial charge in [0.25, 0.3) is 5.56 Å². The van der Waals surface area contributed by atoms with Gasteiger partial charge in [0.05, 0.1) is 12.9 Å². The zero-order valence-electron chi connectivity index (χ0n) is 17.9. The Kier molecular flexibility index (Phi) is 6.27. The number of fused-ring (bicyclic) bond motifs is 1. The Morgan fingerprint density at radius 2 is 1.88 bits per heavy atom. The molecular formula is C23H22N4O4S. The van der Waals surface area contributed by atoms with Gasteiger partial charge in [0.1, 0.15) is 11.5 Å². The van der Waals surface area contributed by atoms with Gasteiger partial charge in [0, 0.05) is 11.6 Å². The standard InChI is InChI=1S/C23H22N4O4S/c1-4-15-9-14(2)10-18(11-15)31-21(29)13-32-23-25-22(16-5-7-17(30-3)8-6-16)24-19-12-20(28)26-27(19)23/h5-12H,4,13H2,1-3H3,(H,26,28). The number of esters is 1. The van der Waals surface area contributed by atoms with Gasteiger partial charge in [-0.3, -0.25) is 14.7 Å². The molecule has 0 radical (unpaired) electrons. The van der Waals surface area contributed by atoms with Crippen molar-refractivity contribution in [3.63, 3.8) is 0 Å². The monoisotopic (exact) mass is 450 g/mol. The van der Waals surface area contributed by atoms with E-state index in [9.17, 15) is 9.59 Å². The summed E-state index contributed by atoms with van der Waals surface area (Å²) < 4.78 is 12.2. The summed E-state index contributed by atoms with van der Waals surface area (Å²) in [6.45, 7) is 4.01. The third-order valence-corrected chi connectivity index (χ3v) is 5.65. The number of aromatic amines is 1. The highest BCUT2D eigenvalue weighted by Gasteiger charge is 2.14. The third-order valence-electron chi connectivity index (χ3n) is 4.74. The van der Waals surface area contributed by atoms with Crippen molar-refractivity contribution in [1.82, 2.24) is 19.6 Å². The van der Waals surface area contributed by atoms with Crippen molar-refractivity contribution in [2.75, 3.05) is 12.9 Å². The molecule has 0 aliphatic carbocycles. The van der Waals surface area contributed by atoms with Crippen LogP contribution in [0.1, 0.15) is 18.1 Å². The van der Waals surface area contributed by atoms with E-state index in [2.05, 4.69) is 28.1 Å². The van der Waals surface area contributed by atoms with Crippen LogP contribution in [-0.2, 0) is 11.2 Å². The minimum Gasteiger partial charge on any atom is -0.497 e. The summed E-state index contributed by atoms with van der Waals surface area (Å²) in [6.07, 6.45) is 0.856. The Morgan fingerprint density at radius 1 is 1.09 bits per heavy atom. The first-order valence-electron chi connectivity index (χ1n) is 10.0. The van der Waals surface area contributed by atoms with E-state index >= 15 is 0 Å². The van der Waals surface area contributed by atoms with E-state index in [0.717, 1.165) is 34.9 Å². The maximum Gasteiger partial charge on any atom is 0.321 e. The molecule has 0 aliphatic heterocycles. The fourth-order valence-electron chi connectivity index (χ4n) is 3.22. The van der Waals surface area contributed by atoms with Crippen LogP contribution in [0.15, 0.2) is 58.5 Å². The summed E-state index contributed by atoms with van der Waals surface area (Å²) in [6, 6.07) is 14.4. The van der Waals surface area contributed by atoms with Gasteiger partial charge < -0.3 is 9.47 Å². The van der Waals surface area contributed by atoms with E-state index in [-0.39, 0.29) is 11.3 Å². The smallest absolute Gasteiger partial charge is 0.321 e. The van der Waals surface area contributed by atoms with Crippen molar-refractivity contribution in [2.45, 2.75) is 25.4 Å². The minimum absolute atomic E-state index is 0.0176. The highest BCUT2D eigenvalue weighted by molar-refractivity contribution is 7.99. The lowest BCUT2D eigenvalue weighted by molar-refractivity contribution is -0.131. The van der Waals surface area contributed by atoms with Crippen LogP contribution in [0.25, 0.3) is 17.0 Å². The number of ether oxygens (including phenoxy) is 2. The molecule has 0 atom stereocenters. The van der Waals surface area contributed by atoms with Crippen LogP contribution in [0.2, 0.25) is 0 Å². The van der Waals surface area contributed by atoms with Gasteiger partial charge in [-0.2, -0.15) is 0 Å². The molecule has 0 amide bonds. The number of H-pyrrole nitrogens is 1. The van der Waals surface area contributed by atoms with Crippen molar-refractivity contribution in [3.8, 4) is 22.9 Å². The Morgan fingerprint density at radius 3 is 2.59 bits per heavy atom. The summed E-state index contributed by atoms with van der Waals surface area (Å²) in [7, 11) is 1.59. The molecule has 0 fully saturated rings. The molecule has 1 N–H and O–H groups in total. The number of rotatable bonds is 7. The summed E-state index contributed by atoms with van der Waals surface area (Å²) >= 11 is 1.16. The lowest BCUT2D eigenvalue weighted by Crippen LogP contribution is -2.12. The number of thioether (sulfide) groups is 1. The maximum absolute atomic E-state index is 12.5. The number of benzene rings is 2. The number of nitrogens with one attached hydrogen (secondary N) is 1. The van der Waals surface area contributed by atoms with Gasteiger partial charge in [-0.15, -0.1) is 0 Å². The molecule has 4 aromatic rings. The molecule has 2 aromatic carbocycles. The zero-order chi connectivity index (χ0) is 22.7. The lowest BCUT2D eigenvalue weighted by Gasteiger charge is -2.09. The van der Waals surface area contributed by atoms with Crippen molar-refractivity contribution in [2.24, 2.45) is 0 Å². The van der Waals surface area contributed by atoms with E-state index < -0.39 is 5.97 Å². The van der Waals surface area contributed by atoms with Crippen LogP contribution in [0, 0.1) is 6.92 Å². The SMILES string of the molecule is CCc1cc(C)cc(OC(=O)CSc2nc(-c3ccc(OC)cc3)nc3cc(=O)[nH]n23)c1. The van der Waals surface area contributed by atoms with Crippen LogP contribution < -0.4 is 15.0 Å². The van der Waals surface area contributed by atoms with Gasteiger partial charge in [-0.25, -0.2) is 14.5 Å². The summed E-state index contributed by atoms with van der Waals surface area (Å²) in [4.78, 5) is 33.4. The Hall–Kier alpha value is -3.59. The minimum atomic E-state index is -0.407. The van der Waals surface area contributed by atoms with Gasteiger partial charge >= 0.3 is 5.97 Å². The van der Waals surface area contributed by atoms with Crippen LogP contribution in [-0.4, -0.2) is 38.4 Å². The fourth-order valence-corrected chi connectivity index (χ4v) is 3.95. The molecule has 2 aromatic heterocycles. The summed E-state index contributed by atoms with van der Waals surface area (Å²) in [5.74, 6) is 1.29. The molecule has 0 aliphatic rings. The number of hydrogen-bond donors (Lipinski definition) is 1. The Balaban J connectivity index is 1.57. The zero-order valence-corrected chi connectivity index (χ0v) is 18.7. The molecular weight excluding hydrogens is 428 g/mol. The van der Waals surface area contributed by atoms with E-state index in [0.29, 0.717) is 28.1 Å². The van der Waals surface area contributed by atoms with Gasteiger partial charge in [-0.05, 0) is 60.9 Å². The average molecular weight is 451 g/mol. The molecule has 0 bridgehead atoms. The third kappa shape index (κ3) is 4.83. The molecule has 2 heterocycles. The van der Waals surface area contributed by atoms with E-state index in [4.69, 9.17) is 9.47 Å². The lowest BCUT2D eigenvalue weighted by atomic mass is 10.1. The highest BCUT2D eigenvalue weighted by Crippen LogP contribution is 2.24. The van der Waals surface area contributed by atoms with Crippen LogP contribution in [0.4, 0.5) is 0 Å². The van der Waals surface area contributed by atoms with Crippen LogP contribution in [0.5, 0.6) is 11.5 Å². The van der Waals surface area contributed by atoms with E-state index in [1.165, 1.54) is 10.6 Å². The van der Waals surface area contributed by atoms with Gasteiger partial charge in [0.2, 0.25) is 0 Å². The molecule has 0 unspecified atom stereocenters. The van der Waals surface area contributed by atoms with Crippen LogP contribution in [0.3, 0.4) is 0 Å². The molecule has 32 heavy (non-hydrogen) atoms. The van der Waals surface area contributed by atoms with Gasteiger partial charge in [-0.1, -0.05) is 24.8 Å². The molecule has 9 heteroatoms. The first-order chi connectivity index (χ1) is 15.4. The van der Waals surface area contributed by atoms with Crippen molar-refractivity contribution >= 4 is 23.4 Å². The Bertz CT molecular complexity index is 1330. The van der Waals surface area contributed by atoms with Gasteiger partial charge in [0.15, 0.2) is 16.6 Å². The first-order valence-corrected chi connectivity index (χ1v) is 11.0. The number of carbonyl (C=O) groups excluding carboxylic acids is 1. The van der Waals surface area contributed by atoms with Crippen molar-refractivity contribution in [1.29, 1.82) is 0 Å². The second-order valence-electron chi connectivity index (χ2n) is 7.14. The first kappa shape index (κ1) is 21.6. The normalized spacial score (nSPS) is 11.0. The quantitative estimate of drug-likeness (QED) is 0.261. The summed E-state index contributed by atoms with van der Waals surface area (Å²) in [5, 5.41) is 3.09. The maximum atomic E-state index is 12.5. The largest absolute Gasteiger partial charge is 0.497 e. The number of carbonyl (C=O) groups is 1. The second kappa shape index (κ2) is 9.27. The second-order valence-corrected chi connectivity index (χ2v) is 8.09. The summed E-state index contributed by atoms with van der Waals surface area (Å²) in [5.41, 5.74) is 3.01. The highest BCUT2D eigenvalue weighted by atomic mass is 32.2. The molecule has 8 nitrogen and oxygen atoms in total.